The predicted octanol–water partition coefficient (Wildman–Crippen LogP) is 4.06. The highest BCUT2D eigenvalue weighted by molar-refractivity contribution is 5.48. The average molecular weight is 274 g/mol. The van der Waals surface area contributed by atoms with E-state index in [2.05, 4.69) is 62.2 Å². The molecule has 20 heavy (non-hydrogen) atoms. The molecule has 1 saturated heterocycles. The third kappa shape index (κ3) is 4.52. The fourth-order valence-electron chi connectivity index (χ4n) is 2.97. The molecule has 0 spiro atoms. The first-order valence-corrected chi connectivity index (χ1v) is 8.01. The molecule has 1 aliphatic rings. The van der Waals surface area contributed by atoms with Crippen molar-refractivity contribution in [2.45, 2.75) is 47.1 Å². The van der Waals surface area contributed by atoms with Gasteiger partial charge in [0.2, 0.25) is 0 Å². The summed E-state index contributed by atoms with van der Waals surface area (Å²) in [6.07, 6.45) is 2.66. The molecule has 1 aliphatic heterocycles. The Labute approximate surface area is 124 Å². The van der Waals surface area contributed by atoms with Crippen LogP contribution in [-0.4, -0.2) is 19.6 Å². The van der Waals surface area contributed by atoms with E-state index in [0.29, 0.717) is 11.3 Å². The summed E-state index contributed by atoms with van der Waals surface area (Å²) in [6, 6.07) is 9.11. The quantitative estimate of drug-likeness (QED) is 0.871. The summed E-state index contributed by atoms with van der Waals surface area (Å²) >= 11 is 0. The van der Waals surface area contributed by atoms with Gasteiger partial charge in [0.25, 0.3) is 0 Å². The molecular formula is C18H30N2. The van der Waals surface area contributed by atoms with Crippen LogP contribution in [0.2, 0.25) is 0 Å². The number of anilines is 1. The van der Waals surface area contributed by atoms with E-state index >= 15 is 0 Å². The van der Waals surface area contributed by atoms with Crippen molar-refractivity contribution in [1.29, 1.82) is 0 Å². The van der Waals surface area contributed by atoms with Crippen molar-refractivity contribution >= 4 is 5.69 Å². The standard InChI is InChI=1S/C18H30N2/c1-15(2)12-19-13-16-6-8-17(9-7-16)20-11-5-10-18(3,4)14-20/h6-9,15,19H,5,10-14H2,1-4H3. The Morgan fingerprint density at radius 3 is 2.50 bits per heavy atom. The van der Waals surface area contributed by atoms with Crippen molar-refractivity contribution < 1.29 is 0 Å². The van der Waals surface area contributed by atoms with Crippen molar-refractivity contribution in [3.05, 3.63) is 29.8 Å². The van der Waals surface area contributed by atoms with E-state index in [9.17, 15) is 0 Å². The molecule has 1 heterocycles. The van der Waals surface area contributed by atoms with Gasteiger partial charge in [0.15, 0.2) is 0 Å². The maximum Gasteiger partial charge on any atom is 0.0366 e. The number of nitrogens with one attached hydrogen (secondary N) is 1. The lowest BCUT2D eigenvalue weighted by Crippen LogP contribution is -2.40. The molecule has 0 amide bonds. The summed E-state index contributed by atoms with van der Waals surface area (Å²) in [5, 5.41) is 3.50. The van der Waals surface area contributed by atoms with Crippen molar-refractivity contribution in [2.24, 2.45) is 11.3 Å². The first-order chi connectivity index (χ1) is 9.46. The summed E-state index contributed by atoms with van der Waals surface area (Å²) in [5.74, 6) is 0.713. The van der Waals surface area contributed by atoms with Crippen LogP contribution in [-0.2, 0) is 6.54 Å². The SMILES string of the molecule is CC(C)CNCc1ccc(N2CCCC(C)(C)C2)cc1. The van der Waals surface area contributed by atoms with Gasteiger partial charge in [-0.05, 0) is 48.4 Å². The van der Waals surface area contributed by atoms with E-state index in [1.807, 2.05) is 0 Å². The molecule has 112 valence electrons. The van der Waals surface area contributed by atoms with E-state index in [-0.39, 0.29) is 0 Å². The minimum atomic E-state index is 0.454. The molecule has 1 aromatic rings. The Morgan fingerprint density at radius 2 is 1.90 bits per heavy atom. The van der Waals surface area contributed by atoms with Crippen molar-refractivity contribution in [3.8, 4) is 0 Å². The monoisotopic (exact) mass is 274 g/mol. The van der Waals surface area contributed by atoms with Crippen LogP contribution in [0.15, 0.2) is 24.3 Å². The third-order valence-electron chi connectivity index (χ3n) is 4.08. The molecule has 2 nitrogen and oxygen atoms in total. The highest BCUT2D eigenvalue weighted by Gasteiger charge is 2.26. The van der Waals surface area contributed by atoms with Crippen LogP contribution < -0.4 is 10.2 Å². The van der Waals surface area contributed by atoms with Gasteiger partial charge in [-0.1, -0.05) is 39.8 Å². The van der Waals surface area contributed by atoms with Crippen LogP contribution in [0, 0.1) is 11.3 Å². The third-order valence-corrected chi connectivity index (χ3v) is 4.08. The molecule has 0 aliphatic carbocycles. The van der Waals surface area contributed by atoms with Gasteiger partial charge in [-0.25, -0.2) is 0 Å². The van der Waals surface area contributed by atoms with Gasteiger partial charge < -0.3 is 10.2 Å². The largest absolute Gasteiger partial charge is 0.371 e. The number of benzene rings is 1. The van der Waals surface area contributed by atoms with Gasteiger partial charge in [0, 0.05) is 25.3 Å². The summed E-state index contributed by atoms with van der Waals surface area (Å²) < 4.78 is 0. The van der Waals surface area contributed by atoms with Crippen LogP contribution in [0.25, 0.3) is 0 Å². The van der Waals surface area contributed by atoms with E-state index in [4.69, 9.17) is 0 Å². The summed E-state index contributed by atoms with van der Waals surface area (Å²) in [4.78, 5) is 2.54. The normalized spacial score (nSPS) is 18.6. The minimum Gasteiger partial charge on any atom is -0.371 e. The van der Waals surface area contributed by atoms with Gasteiger partial charge in [-0.15, -0.1) is 0 Å². The van der Waals surface area contributed by atoms with Crippen molar-refractivity contribution in [3.63, 3.8) is 0 Å². The van der Waals surface area contributed by atoms with Gasteiger partial charge >= 0.3 is 0 Å². The molecule has 1 N–H and O–H groups in total. The van der Waals surface area contributed by atoms with Crippen molar-refractivity contribution in [1.82, 2.24) is 5.32 Å². The average Bonchev–Trinajstić information content (AvgIpc) is 2.38. The molecule has 0 atom stereocenters. The zero-order valence-electron chi connectivity index (χ0n) is 13.6. The second-order valence-electron chi connectivity index (χ2n) is 7.38. The second kappa shape index (κ2) is 6.62. The minimum absolute atomic E-state index is 0.454. The topological polar surface area (TPSA) is 15.3 Å². The maximum atomic E-state index is 3.50. The Kier molecular flexibility index (Phi) is 5.09. The summed E-state index contributed by atoms with van der Waals surface area (Å²) in [7, 11) is 0. The molecule has 0 unspecified atom stereocenters. The molecule has 1 aromatic carbocycles. The Hall–Kier alpha value is -1.02. The molecule has 2 heteroatoms. The first-order valence-electron chi connectivity index (χ1n) is 8.01. The Morgan fingerprint density at radius 1 is 1.20 bits per heavy atom. The van der Waals surface area contributed by atoms with E-state index in [1.54, 1.807) is 0 Å². The first kappa shape index (κ1) is 15.4. The van der Waals surface area contributed by atoms with E-state index in [1.165, 1.54) is 37.2 Å². The van der Waals surface area contributed by atoms with Crippen LogP contribution in [0.5, 0.6) is 0 Å². The van der Waals surface area contributed by atoms with Gasteiger partial charge in [-0.2, -0.15) is 0 Å². The van der Waals surface area contributed by atoms with Crippen LogP contribution in [0.3, 0.4) is 0 Å². The fourth-order valence-corrected chi connectivity index (χ4v) is 2.97. The molecule has 0 radical (unpaired) electrons. The Balaban J connectivity index is 1.91. The molecule has 0 aromatic heterocycles. The number of nitrogens with zero attached hydrogens (tertiary/aromatic N) is 1. The molecule has 1 fully saturated rings. The Bertz CT molecular complexity index is 406. The number of rotatable bonds is 5. The fraction of sp³-hybridized carbons (Fsp3) is 0.667. The van der Waals surface area contributed by atoms with Crippen LogP contribution in [0.1, 0.15) is 46.1 Å². The summed E-state index contributed by atoms with van der Waals surface area (Å²) in [5.41, 5.74) is 3.21. The number of piperidine rings is 1. The van der Waals surface area contributed by atoms with Gasteiger partial charge in [-0.3, -0.25) is 0 Å². The summed E-state index contributed by atoms with van der Waals surface area (Å²) in [6.45, 7) is 13.7. The zero-order chi connectivity index (χ0) is 14.6. The van der Waals surface area contributed by atoms with E-state index in [0.717, 1.165) is 13.1 Å². The van der Waals surface area contributed by atoms with E-state index < -0.39 is 0 Å². The van der Waals surface area contributed by atoms with Gasteiger partial charge in [0.05, 0.1) is 0 Å². The molecule has 2 rings (SSSR count). The van der Waals surface area contributed by atoms with Gasteiger partial charge in [0.1, 0.15) is 0 Å². The molecular weight excluding hydrogens is 244 g/mol. The van der Waals surface area contributed by atoms with Crippen molar-refractivity contribution in [2.75, 3.05) is 24.5 Å². The second-order valence-corrected chi connectivity index (χ2v) is 7.38. The smallest absolute Gasteiger partial charge is 0.0366 e. The lowest BCUT2D eigenvalue weighted by atomic mass is 9.84. The molecule has 0 saturated carbocycles. The lowest BCUT2D eigenvalue weighted by molar-refractivity contribution is 0.293. The zero-order valence-corrected chi connectivity index (χ0v) is 13.6. The highest BCUT2D eigenvalue weighted by Crippen LogP contribution is 2.31. The predicted molar refractivity (Wildman–Crippen MR) is 88.2 cm³/mol. The number of hydrogen-bond acceptors (Lipinski definition) is 2. The lowest BCUT2D eigenvalue weighted by Gasteiger charge is -2.39. The maximum absolute atomic E-state index is 3.50. The molecule has 0 bridgehead atoms. The van der Waals surface area contributed by atoms with Crippen LogP contribution in [0.4, 0.5) is 5.69 Å². The van der Waals surface area contributed by atoms with Crippen LogP contribution >= 0.6 is 0 Å². The highest BCUT2D eigenvalue weighted by atomic mass is 15.1. The number of hydrogen-bond donors (Lipinski definition) is 1.